The van der Waals surface area contributed by atoms with Crippen molar-refractivity contribution in [3.05, 3.63) is 46.4 Å². The van der Waals surface area contributed by atoms with Gasteiger partial charge in [0.05, 0.1) is 23.5 Å². The van der Waals surface area contributed by atoms with Crippen molar-refractivity contribution in [2.45, 2.75) is 0 Å². The highest BCUT2D eigenvalue weighted by Gasteiger charge is 2.10. The summed E-state index contributed by atoms with van der Waals surface area (Å²) in [5, 5.41) is 6.10. The van der Waals surface area contributed by atoms with Gasteiger partial charge >= 0.3 is 6.03 Å². The molecule has 0 radical (unpaired) electrons. The van der Waals surface area contributed by atoms with Gasteiger partial charge in [0, 0.05) is 10.7 Å². The minimum atomic E-state index is -0.470. The molecular formula is C14H13Cl2N3O2. The van der Waals surface area contributed by atoms with E-state index in [9.17, 15) is 4.79 Å². The molecule has 0 unspecified atom stereocenters. The maximum absolute atomic E-state index is 12.0. The number of carbonyl (C=O) groups excluding carboxylic acids is 1. The fourth-order valence-electron chi connectivity index (χ4n) is 1.69. The minimum absolute atomic E-state index is 0.350. The lowest BCUT2D eigenvalue weighted by Gasteiger charge is -2.12. The average Bonchev–Trinajstić information content (AvgIpc) is 2.42. The summed E-state index contributed by atoms with van der Waals surface area (Å²) in [4.78, 5) is 12.0. The summed E-state index contributed by atoms with van der Waals surface area (Å²) in [6.07, 6.45) is 0. The van der Waals surface area contributed by atoms with Crippen molar-refractivity contribution >= 4 is 46.3 Å². The molecule has 2 amide bonds. The normalized spacial score (nSPS) is 10.0. The fraction of sp³-hybridized carbons (Fsp3) is 0.0714. The molecule has 0 aromatic heterocycles. The van der Waals surface area contributed by atoms with E-state index in [0.717, 1.165) is 0 Å². The van der Waals surface area contributed by atoms with Crippen molar-refractivity contribution in [1.82, 2.24) is 0 Å². The van der Waals surface area contributed by atoms with Gasteiger partial charge in [0.15, 0.2) is 0 Å². The van der Waals surface area contributed by atoms with Gasteiger partial charge in [-0.2, -0.15) is 0 Å². The van der Waals surface area contributed by atoms with Crippen LogP contribution in [-0.4, -0.2) is 13.1 Å². The molecular weight excluding hydrogens is 313 g/mol. The van der Waals surface area contributed by atoms with E-state index < -0.39 is 6.03 Å². The number of hydrogen-bond donors (Lipinski definition) is 3. The number of nitrogen functional groups attached to an aromatic ring is 1. The van der Waals surface area contributed by atoms with Crippen molar-refractivity contribution in [1.29, 1.82) is 0 Å². The van der Waals surface area contributed by atoms with Gasteiger partial charge in [-0.15, -0.1) is 0 Å². The zero-order valence-electron chi connectivity index (χ0n) is 11.1. The number of amides is 2. The maximum atomic E-state index is 12.0. The van der Waals surface area contributed by atoms with Gasteiger partial charge in [-0.1, -0.05) is 23.2 Å². The first-order valence-electron chi connectivity index (χ1n) is 5.96. The molecule has 2 aromatic rings. The van der Waals surface area contributed by atoms with Gasteiger partial charge in [0.25, 0.3) is 0 Å². The number of nitrogens with one attached hydrogen (secondary N) is 2. The number of methoxy groups -OCH3 is 1. The number of urea groups is 1. The first-order valence-corrected chi connectivity index (χ1v) is 6.72. The van der Waals surface area contributed by atoms with E-state index in [1.807, 2.05) is 0 Å². The zero-order chi connectivity index (χ0) is 15.4. The highest BCUT2D eigenvalue weighted by Crippen LogP contribution is 2.28. The SMILES string of the molecule is COc1ccc(Cl)cc1NC(=O)Nc1ccc(N)cc1Cl. The number of ether oxygens (including phenoxy) is 1. The van der Waals surface area contributed by atoms with E-state index in [2.05, 4.69) is 10.6 Å². The Bertz CT molecular complexity index is 677. The molecule has 7 heteroatoms. The van der Waals surface area contributed by atoms with Crippen LogP contribution in [0.25, 0.3) is 0 Å². The molecule has 2 rings (SSSR count). The van der Waals surface area contributed by atoms with Gasteiger partial charge < -0.3 is 21.1 Å². The van der Waals surface area contributed by atoms with Crippen molar-refractivity contribution in [3.63, 3.8) is 0 Å². The molecule has 0 spiro atoms. The molecule has 0 fully saturated rings. The molecule has 0 heterocycles. The highest BCUT2D eigenvalue weighted by atomic mass is 35.5. The second kappa shape index (κ2) is 6.56. The van der Waals surface area contributed by atoms with E-state index in [-0.39, 0.29) is 0 Å². The largest absolute Gasteiger partial charge is 0.495 e. The van der Waals surface area contributed by atoms with Crippen molar-refractivity contribution in [2.24, 2.45) is 0 Å². The Morgan fingerprint density at radius 1 is 1.10 bits per heavy atom. The van der Waals surface area contributed by atoms with Crippen LogP contribution >= 0.6 is 23.2 Å². The van der Waals surface area contributed by atoms with Gasteiger partial charge in [0.1, 0.15) is 5.75 Å². The van der Waals surface area contributed by atoms with Crippen LogP contribution in [0.15, 0.2) is 36.4 Å². The van der Waals surface area contributed by atoms with Crippen molar-refractivity contribution in [3.8, 4) is 5.75 Å². The number of halogens is 2. The molecule has 4 N–H and O–H groups in total. The standard InChI is InChI=1S/C14H13Cl2N3O2/c1-21-13-5-2-8(15)6-12(13)19-14(20)18-11-4-3-9(17)7-10(11)16/h2-7H,17H2,1H3,(H2,18,19,20). The third-order valence-corrected chi connectivity index (χ3v) is 3.20. The Hall–Kier alpha value is -2.11. The molecule has 0 saturated carbocycles. The second-order valence-electron chi connectivity index (χ2n) is 4.16. The van der Waals surface area contributed by atoms with Crippen LogP contribution in [0, 0.1) is 0 Å². The number of hydrogen-bond acceptors (Lipinski definition) is 3. The van der Waals surface area contributed by atoms with Gasteiger partial charge in [-0.05, 0) is 36.4 Å². The van der Waals surface area contributed by atoms with E-state index in [4.69, 9.17) is 33.7 Å². The molecule has 2 aromatic carbocycles. The highest BCUT2D eigenvalue weighted by molar-refractivity contribution is 6.34. The summed E-state index contributed by atoms with van der Waals surface area (Å²) in [6.45, 7) is 0. The summed E-state index contributed by atoms with van der Waals surface area (Å²) in [7, 11) is 1.50. The first kappa shape index (κ1) is 15.3. The summed E-state index contributed by atoms with van der Waals surface area (Å²) in [5.41, 5.74) is 7.01. The van der Waals surface area contributed by atoms with Gasteiger partial charge in [0.2, 0.25) is 0 Å². The van der Waals surface area contributed by atoms with Gasteiger partial charge in [-0.25, -0.2) is 4.79 Å². The summed E-state index contributed by atoms with van der Waals surface area (Å²) < 4.78 is 5.15. The van der Waals surface area contributed by atoms with E-state index in [1.54, 1.807) is 36.4 Å². The van der Waals surface area contributed by atoms with Crippen LogP contribution in [0.3, 0.4) is 0 Å². The Kier molecular flexibility index (Phi) is 4.77. The minimum Gasteiger partial charge on any atom is -0.495 e. The lowest BCUT2D eigenvalue weighted by molar-refractivity contribution is 0.262. The van der Waals surface area contributed by atoms with Crippen LogP contribution < -0.4 is 21.1 Å². The quantitative estimate of drug-likeness (QED) is 0.739. The molecule has 0 aliphatic rings. The van der Waals surface area contributed by atoms with E-state index in [0.29, 0.717) is 32.9 Å². The Morgan fingerprint density at radius 2 is 1.81 bits per heavy atom. The van der Waals surface area contributed by atoms with Crippen LogP contribution in [0.1, 0.15) is 0 Å². The van der Waals surface area contributed by atoms with Crippen molar-refractivity contribution < 1.29 is 9.53 Å². The maximum Gasteiger partial charge on any atom is 0.323 e. The second-order valence-corrected chi connectivity index (χ2v) is 5.01. The number of benzene rings is 2. The Morgan fingerprint density at radius 3 is 2.48 bits per heavy atom. The average molecular weight is 326 g/mol. The number of rotatable bonds is 3. The third-order valence-electron chi connectivity index (χ3n) is 2.65. The van der Waals surface area contributed by atoms with Crippen LogP contribution in [0.5, 0.6) is 5.75 Å². The smallest absolute Gasteiger partial charge is 0.323 e. The topological polar surface area (TPSA) is 76.4 Å². The molecule has 0 bridgehead atoms. The number of anilines is 3. The molecule has 0 saturated heterocycles. The lowest BCUT2D eigenvalue weighted by atomic mass is 10.3. The van der Waals surface area contributed by atoms with E-state index >= 15 is 0 Å². The molecule has 5 nitrogen and oxygen atoms in total. The predicted molar refractivity (Wildman–Crippen MR) is 86.5 cm³/mol. The Labute approximate surface area is 132 Å². The monoisotopic (exact) mass is 325 g/mol. The first-order chi connectivity index (χ1) is 9.99. The van der Waals surface area contributed by atoms with Crippen LogP contribution in [0.2, 0.25) is 10.0 Å². The molecule has 0 aliphatic heterocycles. The van der Waals surface area contributed by atoms with Crippen molar-refractivity contribution in [2.75, 3.05) is 23.5 Å². The van der Waals surface area contributed by atoms with Gasteiger partial charge in [-0.3, -0.25) is 0 Å². The Balaban J connectivity index is 2.13. The molecule has 21 heavy (non-hydrogen) atoms. The van der Waals surface area contributed by atoms with E-state index in [1.165, 1.54) is 7.11 Å². The zero-order valence-corrected chi connectivity index (χ0v) is 12.6. The fourth-order valence-corrected chi connectivity index (χ4v) is 2.09. The van der Waals surface area contributed by atoms with Crippen LogP contribution in [-0.2, 0) is 0 Å². The third kappa shape index (κ3) is 3.93. The predicted octanol–water partition coefficient (Wildman–Crippen LogP) is 4.23. The molecule has 0 aliphatic carbocycles. The van der Waals surface area contributed by atoms with Crippen LogP contribution in [0.4, 0.5) is 21.9 Å². The molecule has 110 valence electrons. The number of nitrogens with two attached hydrogens (primary N) is 1. The molecule has 0 atom stereocenters. The summed E-state index contributed by atoms with van der Waals surface area (Å²) in [5.74, 6) is 0.498. The number of carbonyl (C=O) groups is 1. The lowest BCUT2D eigenvalue weighted by Crippen LogP contribution is -2.20. The summed E-state index contributed by atoms with van der Waals surface area (Å²) in [6, 6.07) is 9.26. The summed E-state index contributed by atoms with van der Waals surface area (Å²) >= 11 is 11.9.